The van der Waals surface area contributed by atoms with Crippen LogP contribution in [-0.2, 0) is 6.54 Å². The van der Waals surface area contributed by atoms with Gasteiger partial charge in [0.2, 0.25) is 0 Å². The van der Waals surface area contributed by atoms with Crippen molar-refractivity contribution < 1.29 is 4.39 Å². The molecule has 0 unspecified atom stereocenters. The van der Waals surface area contributed by atoms with Crippen LogP contribution < -0.4 is 5.32 Å². The van der Waals surface area contributed by atoms with Gasteiger partial charge in [-0.05, 0) is 31.5 Å². The molecule has 1 fully saturated rings. The molecule has 1 heterocycles. The topological polar surface area (TPSA) is 15.3 Å². The molecule has 1 aromatic carbocycles. The van der Waals surface area contributed by atoms with Crippen molar-refractivity contribution in [1.29, 1.82) is 0 Å². The van der Waals surface area contributed by atoms with Gasteiger partial charge in [-0.3, -0.25) is 4.90 Å². The Morgan fingerprint density at radius 2 is 2.00 bits per heavy atom. The SMILES string of the molecule is C[C@@H]1NCCN(Cc2ccc(F)cc2)[C@H]1C. The first kappa shape index (κ1) is 11.6. The number of nitrogens with one attached hydrogen (secondary N) is 1. The molecule has 1 aliphatic rings. The van der Waals surface area contributed by atoms with Crippen molar-refractivity contribution in [2.75, 3.05) is 13.1 Å². The van der Waals surface area contributed by atoms with Gasteiger partial charge in [-0.15, -0.1) is 0 Å². The van der Waals surface area contributed by atoms with Crippen LogP contribution in [-0.4, -0.2) is 30.1 Å². The second-order valence-corrected chi connectivity index (χ2v) is 4.58. The van der Waals surface area contributed by atoms with Crippen LogP contribution in [0.15, 0.2) is 24.3 Å². The van der Waals surface area contributed by atoms with E-state index >= 15 is 0 Å². The van der Waals surface area contributed by atoms with Gasteiger partial charge in [0.1, 0.15) is 5.82 Å². The molecule has 2 nitrogen and oxygen atoms in total. The zero-order valence-corrected chi connectivity index (χ0v) is 9.91. The summed E-state index contributed by atoms with van der Waals surface area (Å²) < 4.78 is 12.8. The van der Waals surface area contributed by atoms with E-state index in [1.54, 1.807) is 0 Å². The smallest absolute Gasteiger partial charge is 0.123 e. The van der Waals surface area contributed by atoms with E-state index in [1.165, 1.54) is 17.7 Å². The molecule has 1 saturated heterocycles. The third-order valence-electron chi connectivity index (χ3n) is 3.46. The molecular weight excluding hydrogens is 203 g/mol. The van der Waals surface area contributed by atoms with Crippen LogP contribution in [0.3, 0.4) is 0 Å². The predicted molar refractivity (Wildman–Crippen MR) is 63.7 cm³/mol. The van der Waals surface area contributed by atoms with Gasteiger partial charge < -0.3 is 5.32 Å². The van der Waals surface area contributed by atoms with Gasteiger partial charge in [0.05, 0.1) is 0 Å². The van der Waals surface area contributed by atoms with Crippen molar-refractivity contribution in [3.63, 3.8) is 0 Å². The minimum Gasteiger partial charge on any atom is -0.311 e. The Labute approximate surface area is 96.5 Å². The van der Waals surface area contributed by atoms with Crippen LogP contribution in [0.2, 0.25) is 0 Å². The molecular formula is C13H19FN2. The quantitative estimate of drug-likeness (QED) is 0.823. The Kier molecular flexibility index (Phi) is 3.56. The number of halogens is 1. The minimum atomic E-state index is -0.162. The predicted octanol–water partition coefficient (Wildman–Crippen LogP) is 2.01. The summed E-state index contributed by atoms with van der Waals surface area (Å²) in [7, 11) is 0. The first-order valence-corrected chi connectivity index (χ1v) is 5.88. The highest BCUT2D eigenvalue weighted by atomic mass is 19.1. The molecule has 0 amide bonds. The lowest BCUT2D eigenvalue weighted by molar-refractivity contribution is 0.131. The monoisotopic (exact) mass is 222 g/mol. The van der Waals surface area contributed by atoms with Crippen LogP contribution in [0.5, 0.6) is 0 Å². The second-order valence-electron chi connectivity index (χ2n) is 4.58. The fraction of sp³-hybridized carbons (Fsp3) is 0.538. The summed E-state index contributed by atoms with van der Waals surface area (Å²) in [6.45, 7) is 7.45. The van der Waals surface area contributed by atoms with Gasteiger partial charge in [-0.1, -0.05) is 12.1 Å². The molecule has 2 rings (SSSR count). The molecule has 1 aromatic rings. The Morgan fingerprint density at radius 1 is 1.31 bits per heavy atom. The summed E-state index contributed by atoms with van der Waals surface area (Å²) in [5.41, 5.74) is 1.18. The van der Waals surface area contributed by atoms with Crippen LogP contribution in [0, 0.1) is 5.82 Å². The normalized spacial score (nSPS) is 26.9. The van der Waals surface area contributed by atoms with Crippen molar-refractivity contribution in [3.05, 3.63) is 35.6 Å². The molecule has 0 saturated carbocycles. The van der Waals surface area contributed by atoms with Crippen LogP contribution in [0.25, 0.3) is 0 Å². The van der Waals surface area contributed by atoms with Crippen LogP contribution in [0.1, 0.15) is 19.4 Å². The minimum absolute atomic E-state index is 0.162. The van der Waals surface area contributed by atoms with Gasteiger partial charge >= 0.3 is 0 Å². The molecule has 0 aromatic heterocycles. The molecule has 2 atom stereocenters. The number of nitrogens with zero attached hydrogens (tertiary/aromatic N) is 1. The van der Waals surface area contributed by atoms with Gasteiger partial charge in [0, 0.05) is 31.7 Å². The second kappa shape index (κ2) is 4.93. The van der Waals surface area contributed by atoms with Crippen molar-refractivity contribution in [2.45, 2.75) is 32.5 Å². The van der Waals surface area contributed by atoms with E-state index in [-0.39, 0.29) is 5.82 Å². The lowest BCUT2D eigenvalue weighted by Gasteiger charge is -2.38. The van der Waals surface area contributed by atoms with E-state index in [0.29, 0.717) is 12.1 Å². The van der Waals surface area contributed by atoms with E-state index < -0.39 is 0 Å². The number of piperazine rings is 1. The molecule has 0 bridgehead atoms. The lowest BCUT2D eigenvalue weighted by Crippen LogP contribution is -2.54. The molecule has 16 heavy (non-hydrogen) atoms. The van der Waals surface area contributed by atoms with Crippen LogP contribution >= 0.6 is 0 Å². The first-order chi connectivity index (χ1) is 7.66. The summed E-state index contributed by atoms with van der Waals surface area (Å²) in [6, 6.07) is 7.86. The Morgan fingerprint density at radius 3 is 2.69 bits per heavy atom. The summed E-state index contributed by atoms with van der Waals surface area (Å²) in [5.74, 6) is -0.162. The maximum absolute atomic E-state index is 12.8. The molecule has 1 aliphatic heterocycles. The van der Waals surface area contributed by atoms with Crippen LogP contribution in [0.4, 0.5) is 4.39 Å². The fourth-order valence-corrected chi connectivity index (χ4v) is 2.17. The summed E-state index contributed by atoms with van der Waals surface area (Å²) in [6.07, 6.45) is 0. The Balaban J connectivity index is 2.00. The first-order valence-electron chi connectivity index (χ1n) is 5.88. The lowest BCUT2D eigenvalue weighted by atomic mass is 10.1. The van der Waals surface area contributed by atoms with E-state index in [0.717, 1.165) is 19.6 Å². The van der Waals surface area contributed by atoms with Crippen molar-refractivity contribution in [1.82, 2.24) is 10.2 Å². The highest BCUT2D eigenvalue weighted by molar-refractivity contribution is 5.16. The van der Waals surface area contributed by atoms with Gasteiger partial charge in [-0.2, -0.15) is 0 Å². The largest absolute Gasteiger partial charge is 0.311 e. The zero-order valence-electron chi connectivity index (χ0n) is 9.91. The zero-order chi connectivity index (χ0) is 11.5. The standard InChI is InChI=1S/C13H19FN2/c1-10-11(2)16(8-7-15-10)9-12-3-5-13(14)6-4-12/h3-6,10-11,15H,7-9H2,1-2H3/t10-,11-/m0/s1. The highest BCUT2D eigenvalue weighted by Gasteiger charge is 2.23. The average molecular weight is 222 g/mol. The number of rotatable bonds is 2. The van der Waals surface area contributed by atoms with Crippen molar-refractivity contribution in [3.8, 4) is 0 Å². The fourth-order valence-electron chi connectivity index (χ4n) is 2.17. The maximum atomic E-state index is 12.8. The third kappa shape index (κ3) is 2.60. The third-order valence-corrected chi connectivity index (χ3v) is 3.46. The summed E-state index contributed by atoms with van der Waals surface area (Å²) in [5, 5.41) is 3.45. The molecule has 3 heteroatoms. The molecule has 0 radical (unpaired) electrons. The molecule has 1 N–H and O–H groups in total. The van der Waals surface area contributed by atoms with E-state index in [4.69, 9.17) is 0 Å². The van der Waals surface area contributed by atoms with E-state index in [1.807, 2.05) is 12.1 Å². The number of benzene rings is 1. The molecule has 0 aliphatic carbocycles. The molecule has 0 spiro atoms. The number of hydrogen-bond acceptors (Lipinski definition) is 2. The van der Waals surface area contributed by atoms with E-state index in [2.05, 4.69) is 24.1 Å². The maximum Gasteiger partial charge on any atom is 0.123 e. The summed E-state index contributed by atoms with van der Waals surface area (Å²) >= 11 is 0. The van der Waals surface area contributed by atoms with Gasteiger partial charge in [0.15, 0.2) is 0 Å². The number of hydrogen-bond donors (Lipinski definition) is 1. The van der Waals surface area contributed by atoms with Crippen molar-refractivity contribution >= 4 is 0 Å². The highest BCUT2D eigenvalue weighted by Crippen LogP contribution is 2.13. The Hall–Kier alpha value is -0.930. The Bertz CT molecular complexity index is 336. The van der Waals surface area contributed by atoms with E-state index in [9.17, 15) is 4.39 Å². The van der Waals surface area contributed by atoms with Gasteiger partial charge in [-0.25, -0.2) is 4.39 Å². The van der Waals surface area contributed by atoms with Gasteiger partial charge in [0.25, 0.3) is 0 Å². The summed E-state index contributed by atoms with van der Waals surface area (Å²) in [4.78, 5) is 2.44. The van der Waals surface area contributed by atoms with Crippen molar-refractivity contribution in [2.24, 2.45) is 0 Å². The molecule has 88 valence electrons. The average Bonchev–Trinajstić information content (AvgIpc) is 2.28.